The normalized spacial score (nSPS) is 15.8. The Morgan fingerprint density at radius 1 is 1.06 bits per heavy atom. The summed E-state index contributed by atoms with van der Waals surface area (Å²) in [6.45, 7) is 1.15. The number of carbonyl (C=O) groups is 1. The second-order valence-corrected chi connectivity index (χ2v) is 8.34. The molecule has 2 aromatic carbocycles. The number of ether oxygens (including phenoxy) is 1. The summed E-state index contributed by atoms with van der Waals surface area (Å²) < 4.78 is 34.4. The highest BCUT2D eigenvalue weighted by atomic mass is 19.1. The van der Waals surface area contributed by atoms with E-state index in [1.54, 1.807) is 30.3 Å². The Labute approximate surface area is 184 Å². The zero-order valence-corrected chi connectivity index (χ0v) is 17.3. The Bertz CT molecular complexity index is 1180. The van der Waals surface area contributed by atoms with Gasteiger partial charge < -0.3 is 20.7 Å². The van der Waals surface area contributed by atoms with Crippen LogP contribution in [0.1, 0.15) is 18.4 Å². The molecule has 1 aliphatic heterocycles. The van der Waals surface area contributed by atoms with Crippen molar-refractivity contribution in [3.8, 4) is 11.5 Å². The van der Waals surface area contributed by atoms with Crippen molar-refractivity contribution in [3.63, 3.8) is 0 Å². The number of nitrogens with two attached hydrogens (primary N) is 1. The summed E-state index contributed by atoms with van der Waals surface area (Å²) in [5.74, 6) is -0.195. The molecule has 0 radical (unpaired) electrons. The number of amides is 1. The minimum absolute atomic E-state index is 0.0167. The molecule has 8 heteroatoms. The first-order valence-electron chi connectivity index (χ1n) is 10.4. The number of aromatic nitrogens is 1. The molecule has 32 heavy (non-hydrogen) atoms. The molecule has 1 aromatic heterocycles. The highest BCUT2D eigenvalue weighted by Gasteiger charge is 2.43. The molecule has 0 atom stereocenters. The number of rotatable bonds is 7. The smallest absolute Gasteiger partial charge is 0.230 e. The number of fused-ring (bicyclic) bond motifs is 1. The van der Waals surface area contributed by atoms with Gasteiger partial charge in [-0.1, -0.05) is 0 Å². The number of benzene rings is 2. The Hall–Kier alpha value is -3.52. The zero-order valence-electron chi connectivity index (χ0n) is 17.3. The molecule has 2 aliphatic rings. The molecule has 6 nitrogen and oxygen atoms in total. The maximum Gasteiger partial charge on any atom is 0.230 e. The van der Waals surface area contributed by atoms with Gasteiger partial charge in [0, 0.05) is 41.2 Å². The SMILES string of the molecule is NCC1(CN(c2ccc(F)cc2)c2ccc(Oc3ccnc4c3CC(=O)N4)c(F)c2)CC1. The average molecular weight is 436 g/mol. The first-order valence-corrected chi connectivity index (χ1v) is 10.4. The van der Waals surface area contributed by atoms with Crippen molar-refractivity contribution in [3.05, 3.63) is 71.9 Å². The van der Waals surface area contributed by atoms with E-state index < -0.39 is 5.82 Å². The van der Waals surface area contributed by atoms with Gasteiger partial charge in [0.15, 0.2) is 11.6 Å². The largest absolute Gasteiger partial charge is 0.454 e. The third-order valence-corrected chi connectivity index (χ3v) is 6.08. The van der Waals surface area contributed by atoms with Crippen molar-refractivity contribution in [2.75, 3.05) is 23.3 Å². The minimum atomic E-state index is -0.546. The molecule has 5 rings (SSSR count). The van der Waals surface area contributed by atoms with Gasteiger partial charge in [-0.25, -0.2) is 13.8 Å². The van der Waals surface area contributed by atoms with Gasteiger partial charge in [-0.3, -0.25) is 4.79 Å². The van der Waals surface area contributed by atoms with Crippen LogP contribution in [0.25, 0.3) is 0 Å². The standard InChI is InChI=1S/C24H22F2N4O2/c25-15-1-3-16(4-2-15)30(14-24(13-27)8-9-24)17-5-6-21(19(26)11-17)32-20-7-10-28-23-18(20)12-22(31)29-23/h1-7,10-11H,8-9,12-14,27H2,(H,28,29,31). The number of hydrogen-bond acceptors (Lipinski definition) is 5. The molecule has 1 amide bonds. The summed E-state index contributed by atoms with van der Waals surface area (Å²) in [5.41, 5.74) is 7.95. The molecule has 3 N–H and O–H groups in total. The first kappa shape index (κ1) is 20.4. The van der Waals surface area contributed by atoms with Gasteiger partial charge in [0.05, 0.1) is 6.42 Å². The summed E-state index contributed by atoms with van der Waals surface area (Å²) in [4.78, 5) is 17.7. The number of pyridine rings is 1. The quantitative estimate of drug-likeness (QED) is 0.569. The van der Waals surface area contributed by atoms with Gasteiger partial charge in [-0.05, 0) is 61.9 Å². The highest BCUT2D eigenvalue weighted by Crippen LogP contribution is 2.47. The van der Waals surface area contributed by atoms with Crippen molar-refractivity contribution < 1.29 is 18.3 Å². The van der Waals surface area contributed by atoms with Gasteiger partial charge in [-0.15, -0.1) is 0 Å². The van der Waals surface area contributed by atoms with E-state index in [4.69, 9.17) is 10.5 Å². The molecule has 1 fully saturated rings. The van der Waals surface area contributed by atoms with E-state index in [-0.39, 0.29) is 29.3 Å². The van der Waals surface area contributed by atoms with Crippen molar-refractivity contribution in [1.82, 2.24) is 4.98 Å². The van der Waals surface area contributed by atoms with Crippen molar-refractivity contribution in [2.24, 2.45) is 11.1 Å². The van der Waals surface area contributed by atoms with Gasteiger partial charge in [-0.2, -0.15) is 0 Å². The molecule has 3 aromatic rings. The van der Waals surface area contributed by atoms with Gasteiger partial charge >= 0.3 is 0 Å². The van der Waals surface area contributed by atoms with Crippen LogP contribution >= 0.6 is 0 Å². The van der Waals surface area contributed by atoms with E-state index >= 15 is 4.39 Å². The Morgan fingerprint density at radius 3 is 2.50 bits per heavy atom. The summed E-state index contributed by atoms with van der Waals surface area (Å²) in [5, 5.41) is 2.65. The molecule has 0 saturated heterocycles. The third-order valence-electron chi connectivity index (χ3n) is 6.08. The second kappa shape index (κ2) is 7.87. The van der Waals surface area contributed by atoms with Gasteiger partial charge in [0.2, 0.25) is 5.91 Å². The second-order valence-electron chi connectivity index (χ2n) is 8.34. The molecule has 2 heterocycles. The van der Waals surface area contributed by atoms with E-state index in [1.165, 1.54) is 24.4 Å². The van der Waals surface area contributed by atoms with Crippen LogP contribution in [0.3, 0.4) is 0 Å². The van der Waals surface area contributed by atoms with Crippen LogP contribution < -0.4 is 20.7 Å². The lowest BCUT2D eigenvalue weighted by atomic mass is 10.1. The zero-order chi connectivity index (χ0) is 22.3. The molecule has 0 spiro atoms. The maximum atomic E-state index is 15.1. The summed E-state index contributed by atoms with van der Waals surface area (Å²) >= 11 is 0. The molecule has 164 valence electrons. The topological polar surface area (TPSA) is 80.5 Å². The summed E-state index contributed by atoms with van der Waals surface area (Å²) in [6.07, 6.45) is 3.65. The van der Waals surface area contributed by atoms with E-state index in [9.17, 15) is 9.18 Å². The average Bonchev–Trinajstić information content (AvgIpc) is 3.46. The third kappa shape index (κ3) is 3.89. The van der Waals surface area contributed by atoms with Crippen LogP contribution in [0.15, 0.2) is 54.7 Å². The number of halogens is 2. The van der Waals surface area contributed by atoms with Gasteiger partial charge in [0.1, 0.15) is 17.4 Å². The Balaban J connectivity index is 1.45. The van der Waals surface area contributed by atoms with Crippen LogP contribution in [0.2, 0.25) is 0 Å². The van der Waals surface area contributed by atoms with Crippen molar-refractivity contribution >= 4 is 23.1 Å². The maximum absolute atomic E-state index is 15.1. The van der Waals surface area contributed by atoms with Gasteiger partial charge in [0.25, 0.3) is 0 Å². The van der Waals surface area contributed by atoms with Crippen LogP contribution in [0.5, 0.6) is 11.5 Å². The minimum Gasteiger partial charge on any atom is -0.454 e. The summed E-state index contributed by atoms with van der Waals surface area (Å²) in [7, 11) is 0. The van der Waals surface area contributed by atoms with Crippen LogP contribution in [-0.4, -0.2) is 24.0 Å². The lowest BCUT2D eigenvalue weighted by molar-refractivity contribution is -0.115. The first-order chi connectivity index (χ1) is 15.5. The number of carbonyl (C=O) groups excluding carboxylic acids is 1. The highest BCUT2D eigenvalue weighted by molar-refractivity contribution is 5.98. The summed E-state index contributed by atoms with van der Waals surface area (Å²) in [6, 6.07) is 12.4. The fourth-order valence-electron chi connectivity index (χ4n) is 3.94. The number of hydrogen-bond donors (Lipinski definition) is 2. The molecule has 1 saturated carbocycles. The fourth-order valence-corrected chi connectivity index (χ4v) is 3.94. The van der Waals surface area contributed by atoms with Crippen LogP contribution in [0.4, 0.5) is 26.0 Å². The van der Waals surface area contributed by atoms with Crippen LogP contribution in [-0.2, 0) is 11.2 Å². The van der Waals surface area contributed by atoms with E-state index in [0.29, 0.717) is 35.9 Å². The number of nitrogens with zero attached hydrogens (tertiary/aromatic N) is 2. The monoisotopic (exact) mass is 436 g/mol. The molecule has 1 aliphatic carbocycles. The van der Waals surface area contributed by atoms with Crippen LogP contribution in [0, 0.1) is 17.0 Å². The number of nitrogens with one attached hydrogen (secondary N) is 1. The van der Waals surface area contributed by atoms with E-state index in [0.717, 1.165) is 18.5 Å². The Kier molecular flexibility index (Phi) is 5.01. The lowest BCUT2D eigenvalue weighted by Gasteiger charge is -2.29. The van der Waals surface area contributed by atoms with E-state index in [1.807, 2.05) is 4.90 Å². The van der Waals surface area contributed by atoms with E-state index in [2.05, 4.69) is 10.3 Å². The molecular weight excluding hydrogens is 414 g/mol. The molecule has 0 bridgehead atoms. The molecular formula is C24H22F2N4O2. The lowest BCUT2D eigenvalue weighted by Crippen LogP contribution is -2.31. The fraction of sp³-hybridized carbons (Fsp3) is 0.250. The van der Waals surface area contributed by atoms with Crippen molar-refractivity contribution in [2.45, 2.75) is 19.3 Å². The predicted molar refractivity (Wildman–Crippen MR) is 117 cm³/mol. The number of anilines is 3. The van der Waals surface area contributed by atoms with Crippen molar-refractivity contribution in [1.29, 1.82) is 0 Å². The predicted octanol–water partition coefficient (Wildman–Crippen LogP) is 4.52. The molecule has 0 unspecified atom stereocenters. The Morgan fingerprint density at radius 2 is 1.81 bits per heavy atom.